The van der Waals surface area contributed by atoms with Gasteiger partial charge in [0.1, 0.15) is 5.75 Å². The zero-order valence-corrected chi connectivity index (χ0v) is 15.9. The van der Waals surface area contributed by atoms with Gasteiger partial charge in [-0.15, -0.1) is 0 Å². The Morgan fingerprint density at radius 1 is 0.828 bits per heavy atom. The Kier molecular flexibility index (Phi) is 4.96. The van der Waals surface area contributed by atoms with E-state index in [1.165, 1.54) is 6.07 Å². The molecule has 29 heavy (non-hydrogen) atoms. The first-order chi connectivity index (χ1) is 14.2. The quantitative estimate of drug-likeness (QED) is 0.499. The van der Waals surface area contributed by atoms with Crippen molar-refractivity contribution in [2.75, 3.05) is 7.11 Å². The van der Waals surface area contributed by atoms with Gasteiger partial charge in [-0.2, -0.15) is 5.26 Å². The molecule has 0 saturated carbocycles. The van der Waals surface area contributed by atoms with Gasteiger partial charge in [0.25, 0.3) is 5.56 Å². The maximum atomic E-state index is 12.4. The Morgan fingerprint density at radius 2 is 1.48 bits per heavy atom. The van der Waals surface area contributed by atoms with E-state index in [9.17, 15) is 10.1 Å². The fourth-order valence-electron chi connectivity index (χ4n) is 3.42. The van der Waals surface area contributed by atoms with Crippen LogP contribution in [0.1, 0.15) is 5.56 Å². The number of ether oxygens (including phenoxy) is 1. The van der Waals surface area contributed by atoms with Crippen molar-refractivity contribution < 1.29 is 4.74 Å². The second-order valence-electron chi connectivity index (χ2n) is 6.54. The molecule has 0 aliphatic carbocycles. The van der Waals surface area contributed by atoms with E-state index in [1.54, 1.807) is 30.0 Å². The molecule has 4 nitrogen and oxygen atoms in total. The molecular weight excluding hydrogens is 360 g/mol. The largest absolute Gasteiger partial charge is 0.496 e. The summed E-state index contributed by atoms with van der Waals surface area (Å²) in [4.78, 5) is 12.4. The SMILES string of the molecule is COc1ccccc1-c1cc(-c2ccccc2C#N)cc(-n2ccccc2=O)c1. The van der Waals surface area contributed by atoms with Crippen LogP contribution in [0.5, 0.6) is 5.75 Å². The highest BCUT2D eigenvalue weighted by Crippen LogP contribution is 2.35. The molecular formula is C25H18N2O2. The number of nitriles is 1. The second-order valence-corrected chi connectivity index (χ2v) is 6.54. The number of aromatic nitrogens is 1. The molecule has 4 rings (SSSR count). The molecule has 4 aromatic rings. The molecule has 0 unspecified atom stereocenters. The van der Waals surface area contributed by atoms with Crippen molar-refractivity contribution in [1.29, 1.82) is 5.26 Å². The van der Waals surface area contributed by atoms with E-state index in [4.69, 9.17) is 4.74 Å². The van der Waals surface area contributed by atoms with E-state index in [0.29, 0.717) is 5.56 Å². The summed E-state index contributed by atoms with van der Waals surface area (Å²) in [5.74, 6) is 0.740. The van der Waals surface area contributed by atoms with Crippen LogP contribution in [0.4, 0.5) is 0 Å². The van der Waals surface area contributed by atoms with Gasteiger partial charge < -0.3 is 4.74 Å². The summed E-state index contributed by atoms with van der Waals surface area (Å²) in [6.07, 6.45) is 1.74. The van der Waals surface area contributed by atoms with Crippen LogP contribution in [-0.2, 0) is 0 Å². The number of para-hydroxylation sites is 1. The lowest BCUT2D eigenvalue weighted by Gasteiger charge is -2.14. The van der Waals surface area contributed by atoms with E-state index in [0.717, 1.165) is 33.7 Å². The van der Waals surface area contributed by atoms with Gasteiger partial charge in [-0.25, -0.2) is 0 Å². The maximum Gasteiger partial charge on any atom is 0.255 e. The predicted molar refractivity (Wildman–Crippen MR) is 114 cm³/mol. The topological polar surface area (TPSA) is 55.0 Å². The highest BCUT2D eigenvalue weighted by Gasteiger charge is 2.12. The molecule has 1 heterocycles. The first-order valence-corrected chi connectivity index (χ1v) is 9.17. The molecule has 0 aliphatic heterocycles. The zero-order chi connectivity index (χ0) is 20.2. The van der Waals surface area contributed by atoms with Crippen LogP contribution in [0, 0.1) is 11.3 Å². The minimum absolute atomic E-state index is 0.121. The Morgan fingerprint density at radius 3 is 2.21 bits per heavy atom. The highest BCUT2D eigenvalue weighted by atomic mass is 16.5. The number of hydrogen-bond donors (Lipinski definition) is 0. The molecule has 0 radical (unpaired) electrons. The van der Waals surface area contributed by atoms with Crippen LogP contribution < -0.4 is 10.3 Å². The summed E-state index contributed by atoms with van der Waals surface area (Å²) in [7, 11) is 1.64. The number of hydrogen-bond acceptors (Lipinski definition) is 3. The smallest absolute Gasteiger partial charge is 0.255 e. The molecule has 4 heteroatoms. The molecule has 0 N–H and O–H groups in total. The van der Waals surface area contributed by atoms with E-state index in [-0.39, 0.29) is 5.56 Å². The van der Waals surface area contributed by atoms with Gasteiger partial charge in [0, 0.05) is 23.5 Å². The van der Waals surface area contributed by atoms with Crippen molar-refractivity contribution in [1.82, 2.24) is 4.57 Å². The molecule has 0 fully saturated rings. The number of rotatable bonds is 4. The molecule has 3 aromatic carbocycles. The number of methoxy groups -OCH3 is 1. The fraction of sp³-hybridized carbons (Fsp3) is 0.0400. The molecule has 0 atom stereocenters. The van der Waals surface area contributed by atoms with Gasteiger partial charge in [-0.1, -0.05) is 42.5 Å². The maximum absolute atomic E-state index is 12.4. The van der Waals surface area contributed by atoms with Gasteiger partial charge in [0.05, 0.1) is 18.7 Å². The van der Waals surface area contributed by atoms with E-state index >= 15 is 0 Å². The summed E-state index contributed by atoms with van der Waals surface area (Å²) in [6, 6.07) is 28.4. The van der Waals surface area contributed by atoms with Crippen LogP contribution in [0.15, 0.2) is 95.9 Å². The van der Waals surface area contributed by atoms with E-state index in [2.05, 4.69) is 6.07 Å². The Balaban J connectivity index is 2.02. The minimum atomic E-state index is -0.121. The first kappa shape index (κ1) is 18.3. The lowest BCUT2D eigenvalue weighted by Crippen LogP contribution is -2.15. The van der Waals surface area contributed by atoms with Crippen LogP contribution in [-0.4, -0.2) is 11.7 Å². The monoisotopic (exact) mass is 378 g/mol. The predicted octanol–water partition coefficient (Wildman–Crippen LogP) is 5.05. The summed E-state index contributed by atoms with van der Waals surface area (Å²) in [5.41, 5.74) is 4.67. The van der Waals surface area contributed by atoms with Crippen LogP contribution in [0.25, 0.3) is 27.9 Å². The van der Waals surface area contributed by atoms with Gasteiger partial charge in [0.15, 0.2) is 0 Å². The number of benzene rings is 3. The van der Waals surface area contributed by atoms with Crippen molar-refractivity contribution in [2.24, 2.45) is 0 Å². The van der Waals surface area contributed by atoms with Crippen LogP contribution in [0.2, 0.25) is 0 Å². The van der Waals surface area contributed by atoms with Crippen molar-refractivity contribution >= 4 is 0 Å². The van der Waals surface area contributed by atoms with Gasteiger partial charge in [-0.05, 0) is 53.1 Å². The summed E-state index contributed by atoms with van der Waals surface area (Å²) in [5, 5.41) is 9.55. The van der Waals surface area contributed by atoms with Crippen LogP contribution in [0.3, 0.4) is 0 Å². The summed E-state index contributed by atoms with van der Waals surface area (Å²) in [6.45, 7) is 0. The van der Waals surface area contributed by atoms with Crippen molar-refractivity contribution in [3.63, 3.8) is 0 Å². The highest BCUT2D eigenvalue weighted by molar-refractivity contribution is 5.81. The molecule has 0 aliphatic rings. The molecule has 0 bridgehead atoms. The second kappa shape index (κ2) is 7.87. The van der Waals surface area contributed by atoms with E-state index in [1.807, 2.05) is 66.7 Å². The van der Waals surface area contributed by atoms with Gasteiger partial charge in [-0.3, -0.25) is 9.36 Å². The standard InChI is InChI=1S/C25H18N2O2/c1-29-24-11-5-4-10-23(24)20-14-19(22-9-3-2-8-18(22)17-26)15-21(16-20)27-13-7-6-12-25(27)28/h2-16H,1H3. The third kappa shape index (κ3) is 3.54. The van der Waals surface area contributed by atoms with Crippen molar-refractivity contribution in [3.05, 3.63) is 107 Å². The summed E-state index contributed by atoms with van der Waals surface area (Å²) < 4.78 is 7.13. The third-order valence-electron chi connectivity index (χ3n) is 4.79. The molecule has 0 spiro atoms. The van der Waals surface area contributed by atoms with E-state index < -0.39 is 0 Å². The number of pyridine rings is 1. The summed E-state index contributed by atoms with van der Waals surface area (Å²) >= 11 is 0. The van der Waals surface area contributed by atoms with Gasteiger partial charge >= 0.3 is 0 Å². The molecule has 1 aromatic heterocycles. The fourth-order valence-corrected chi connectivity index (χ4v) is 3.42. The zero-order valence-electron chi connectivity index (χ0n) is 15.9. The molecule has 0 amide bonds. The van der Waals surface area contributed by atoms with Gasteiger partial charge in [0.2, 0.25) is 0 Å². The normalized spacial score (nSPS) is 10.3. The first-order valence-electron chi connectivity index (χ1n) is 9.17. The Hall–Kier alpha value is -4.10. The Bertz CT molecular complexity index is 1280. The lowest BCUT2D eigenvalue weighted by atomic mass is 9.95. The molecule has 0 saturated heterocycles. The minimum Gasteiger partial charge on any atom is -0.496 e. The average Bonchev–Trinajstić information content (AvgIpc) is 2.79. The molecule has 140 valence electrons. The average molecular weight is 378 g/mol. The van der Waals surface area contributed by atoms with Crippen LogP contribution >= 0.6 is 0 Å². The third-order valence-corrected chi connectivity index (χ3v) is 4.79. The number of nitrogens with zero attached hydrogens (tertiary/aromatic N) is 2. The Labute approximate surface area is 168 Å². The van der Waals surface area contributed by atoms with Crippen molar-refractivity contribution in [2.45, 2.75) is 0 Å². The lowest BCUT2D eigenvalue weighted by molar-refractivity contribution is 0.416. The van der Waals surface area contributed by atoms with Crippen molar-refractivity contribution in [3.8, 4) is 39.8 Å².